The zero-order valence-corrected chi connectivity index (χ0v) is 15.3. The topological polar surface area (TPSA) is 92.1 Å². The molecule has 0 radical (unpaired) electrons. The minimum atomic E-state index is -0.476. The molecule has 142 valence electrons. The van der Waals surface area contributed by atoms with E-state index in [1.54, 1.807) is 0 Å². The highest BCUT2D eigenvalue weighted by Crippen LogP contribution is 2.32. The van der Waals surface area contributed by atoms with E-state index in [0.29, 0.717) is 11.4 Å². The number of anilines is 3. The molecule has 5 N–H and O–H groups in total. The van der Waals surface area contributed by atoms with Gasteiger partial charge in [-0.3, -0.25) is 4.79 Å². The number of hydrogen-bond acceptors (Lipinski definition) is 5. The molecule has 1 fully saturated rings. The van der Waals surface area contributed by atoms with Crippen molar-refractivity contribution < 1.29 is 9.18 Å². The third-order valence-electron chi connectivity index (χ3n) is 5.31. The second-order valence-electron chi connectivity index (χ2n) is 7.35. The van der Waals surface area contributed by atoms with Gasteiger partial charge in [-0.25, -0.2) is 9.37 Å². The first kappa shape index (κ1) is 17.7. The minimum absolute atomic E-state index is 0.0179. The van der Waals surface area contributed by atoms with E-state index >= 15 is 4.39 Å². The van der Waals surface area contributed by atoms with Crippen LogP contribution in [0.15, 0.2) is 24.3 Å². The van der Waals surface area contributed by atoms with Crippen molar-refractivity contribution in [2.75, 3.05) is 10.6 Å². The van der Waals surface area contributed by atoms with Crippen molar-refractivity contribution >= 4 is 23.2 Å². The van der Waals surface area contributed by atoms with Gasteiger partial charge in [-0.15, -0.1) is 0 Å². The molecule has 1 saturated carbocycles. The lowest BCUT2D eigenvalue weighted by Gasteiger charge is -2.30. The Morgan fingerprint density at radius 1 is 1.26 bits per heavy atom. The second-order valence-corrected chi connectivity index (χ2v) is 7.35. The van der Waals surface area contributed by atoms with Gasteiger partial charge in [-0.05, 0) is 37.5 Å². The summed E-state index contributed by atoms with van der Waals surface area (Å²) in [4.78, 5) is 16.7. The number of halogens is 1. The predicted octanol–water partition coefficient (Wildman–Crippen LogP) is 3.20. The van der Waals surface area contributed by atoms with E-state index in [4.69, 9.17) is 5.73 Å². The summed E-state index contributed by atoms with van der Waals surface area (Å²) in [6.45, 7) is 2.15. The number of rotatable bonds is 4. The maximum Gasteiger partial charge on any atom is 0.255 e. The average Bonchev–Trinajstić information content (AvgIpc) is 3.03. The standard InChI is InChI=1S/C20H24FN5O/c1-11-5-4-6-12(9-11)24-18-16-13(10-23-20(16)27)17(21)19(26-18)25-15-8-3-2-7-14(15)22/h4-6,9,14-15H,2-3,7-8,10,22H2,1H3,(H,23,27)(H2,24,25,26). The highest BCUT2D eigenvalue weighted by molar-refractivity contribution is 6.03. The highest BCUT2D eigenvalue weighted by atomic mass is 19.1. The second kappa shape index (κ2) is 7.15. The summed E-state index contributed by atoms with van der Waals surface area (Å²) < 4.78 is 15.0. The number of nitrogens with one attached hydrogen (secondary N) is 3. The number of nitrogens with zero attached hydrogens (tertiary/aromatic N) is 1. The van der Waals surface area contributed by atoms with Crippen LogP contribution in [0.5, 0.6) is 0 Å². The van der Waals surface area contributed by atoms with Crippen LogP contribution < -0.4 is 21.7 Å². The molecule has 2 aromatic rings. The van der Waals surface area contributed by atoms with E-state index in [2.05, 4.69) is 20.9 Å². The number of aromatic nitrogens is 1. The van der Waals surface area contributed by atoms with Gasteiger partial charge in [0, 0.05) is 29.9 Å². The Morgan fingerprint density at radius 2 is 2.07 bits per heavy atom. The van der Waals surface area contributed by atoms with Crippen LogP contribution in [0.2, 0.25) is 0 Å². The molecule has 27 heavy (non-hydrogen) atoms. The molecule has 2 aliphatic rings. The molecule has 1 amide bonds. The van der Waals surface area contributed by atoms with Gasteiger partial charge in [0.15, 0.2) is 11.6 Å². The fourth-order valence-electron chi connectivity index (χ4n) is 3.84. The fourth-order valence-corrected chi connectivity index (χ4v) is 3.84. The van der Waals surface area contributed by atoms with Crippen molar-refractivity contribution in [2.24, 2.45) is 5.73 Å². The monoisotopic (exact) mass is 369 g/mol. The van der Waals surface area contributed by atoms with Gasteiger partial charge >= 0.3 is 0 Å². The molecule has 2 unspecified atom stereocenters. The number of amides is 1. The third-order valence-corrected chi connectivity index (χ3v) is 5.31. The third kappa shape index (κ3) is 3.47. The largest absolute Gasteiger partial charge is 0.363 e. The molecule has 6 nitrogen and oxygen atoms in total. The van der Waals surface area contributed by atoms with E-state index in [1.165, 1.54) is 0 Å². The molecule has 4 rings (SSSR count). The van der Waals surface area contributed by atoms with Crippen LogP contribution in [0, 0.1) is 12.7 Å². The van der Waals surface area contributed by atoms with Gasteiger partial charge in [0.05, 0.1) is 5.56 Å². The predicted molar refractivity (Wildman–Crippen MR) is 104 cm³/mol. The highest BCUT2D eigenvalue weighted by Gasteiger charge is 2.31. The van der Waals surface area contributed by atoms with Gasteiger partial charge < -0.3 is 21.7 Å². The average molecular weight is 369 g/mol. The molecule has 1 aliphatic heterocycles. The summed E-state index contributed by atoms with van der Waals surface area (Å²) in [5.74, 6) is -0.273. The van der Waals surface area contributed by atoms with Gasteiger partial charge in [0.2, 0.25) is 0 Å². The normalized spacial score (nSPS) is 21.5. The summed E-state index contributed by atoms with van der Waals surface area (Å²) in [5.41, 5.74) is 8.69. The number of carbonyl (C=O) groups excluding carboxylic acids is 1. The first-order valence-corrected chi connectivity index (χ1v) is 9.39. The smallest absolute Gasteiger partial charge is 0.255 e. The Bertz CT molecular complexity index is 885. The van der Waals surface area contributed by atoms with Crippen molar-refractivity contribution in [3.63, 3.8) is 0 Å². The van der Waals surface area contributed by atoms with Gasteiger partial charge in [-0.2, -0.15) is 0 Å². The Balaban J connectivity index is 1.71. The maximum absolute atomic E-state index is 15.0. The van der Waals surface area contributed by atoms with Crippen LogP contribution in [0.25, 0.3) is 0 Å². The summed E-state index contributed by atoms with van der Waals surface area (Å²) in [7, 11) is 0. The number of benzene rings is 1. The SMILES string of the molecule is Cc1cccc(Nc2nc(NC3CCCCC3N)c(F)c3c2C(=O)NC3)c1. The number of pyridine rings is 1. The first-order chi connectivity index (χ1) is 13.0. The lowest BCUT2D eigenvalue weighted by molar-refractivity contribution is 0.0966. The van der Waals surface area contributed by atoms with E-state index in [9.17, 15) is 4.79 Å². The molecular weight excluding hydrogens is 345 g/mol. The number of nitrogens with two attached hydrogens (primary N) is 1. The van der Waals surface area contributed by atoms with Crippen LogP contribution in [-0.4, -0.2) is 23.0 Å². The fraction of sp³-hybridized carbons (Fsp3) is 0.400. The summed E-state index contributed by atoms with van der Waals surface area (Å²) >= 11 is 0. The lowest BCUT2D eigenvalue weighted by Crippen LogP contribution is -2.43. The lowest BCUT2D eigenvalue weighted by atomic mass is 9.91. The molecule has 0 spiro atoms. The number of aryl methyl sites for hydroxylation is 1. The number of fused-ring (bicyclic) bond motifs is 1. The minimum Gasteiger partial charge on any atom is -0.363 e. The van der Waals surface area contributed by atoms with E-state index in [-0.39, 0.29) is 35.9 Å². The van der Waals surface area contributed by atoms with Crippen molar-refractivity contribution in [3.05, 3.63) is 46.8 Å². The van der Waals surface area contributed by atoms with Gasteiger partial charge in [0.1, 0.15) is 5.82 Å². The Hall–Kier alpha value is -2.67. The summed E-state index contributed by atoms with van der Waals surface area (Å²) in [6.07, 6.45) is 3.96. The zero-order chi connectivity index (χ0) is 19.0. The van der Waals surface area contributed by atoms with Crippen molar-refractivity contribution in [1.82, 2.24) is 10.3 Å². The van der Waals surface area contributed by atoms with Crippen LogP contribution in [0.1, 0.15) is 47.2 Å². The molecular formula is C20H24FN5O. The molecule has 7 heteroatoms. The zero-order valence-electron chi connectivity index (χ0n) is 15.3. The molecule has 0 bridgehead atoms. The summed E-state index contributed by atoms with van der Waals surface area (Å²) in [5, 5.41) is 9.06. The van der Waals surface area contributed by atoms with Crippen molar-refractivity contribution in [2.45, 2.75) is 51.2 Å². The van der Waals surface area contributed by atoms with E-state index < -0.39 is 5.82 Å². The molecule has 1 aliphatic carbocycles. The summed E-state index contributed by atoms with van der Waals surface area (Å²) in [6, 6.07) is 7.70. The van der Waals surface area contributed by atoms with Crippen molar-refractivity contribution in [3.8, 4) is 0 Å². The van der Waals surface area contributed by atoms with E-state index in [1.807, 2.05) is 31.2 Å². The molecule has 1 aromatic heterocycles. The Kier molecular flexibility index (Phi) is 4.70. The Morgan fingerprint density at radius 3 is 2.85 bits per heavy atom. The van der Waals surface area contributed by atoms with E-state index in [0.717, 1.165) is 36.9 Å². The number of hydrogen-bond donors (Lipinski definition) is 4. The first-order valence-electron chi connectivity index (χ1n) is 9.39. The van der Waals surface area contributed by atoms with Crippen LogP contribution in [0.3, 0.4) is 0 Å². The molecule has 1 aromatic carbocycles. The molecule has 0 saturated heterocycles. The quantitative estimate of drug-likeness (QED) is 0.664. The van der Waals surface area contributed by atoms with Crippen LogP contribution >= 0.6 is 0 Å². The molecule has 2 atom stereocenters. The van der Waals surface area contributed by atoms with Gasteiger partial charge in [0.25, 0.3) is 5.91 Å². The van der Waals surface area contributed by atoms with Gasteiger partial charge in [-0.1, -0.05) is 25.0 Å². The van der Waals surface area contributed by atoms with Crippen LogP contribution in [0.4, 0.5) is 21.7 Å². The Labute approximate surface area is 157 Å². The number of carbonyl (C=O) groups is 1. The van der Waals surface area contributed by atoms with Crippen LogP contribution in [-0.2, 0) is 6.54 Å². The van der Waals surface area contributed by atoms with Crippen molar-refractivity contribution in [1.29, 1.82) is 0 Å². The molecule has 2 heterocycles. The maximum atomic E-state index is 15.0.